The Morgan fingerprint density at radius 3 is 2.34 bits per heavy atom. The molecule has 29 heavy (non-hydrogen) atoms. The summed E-state index contributed by atoms with van der Waals surface area (Å²) >= 11 is 6.30. The van der Waals surface area contributed by atoms with Crippen molar-refractivity contribution in [2.45, 2.75) is 43.7 Å². The molecule has 0 aliphatic carbocycles. The average Bonchev–Trinajstić information content (AvgIpc) is 2.73. The Kier molecular flexibility index (Phi) is 7.13. The molecule has 6 atom stereocenters. The minimum Gasteiger partial charge on any atom is -0.494 e. The first-order valence-corrected chi connectivity index (χ1v) is 9.67. The Balaban J connectivity index is 1.89. The summed E-state index contributed by atoms with van der Waals surface area (Å²) in [5.74, 6) is 0.695. The van der Waals surface area contributed by atoms with Gasteiger partial charge in [0.05, 0.1) is 6.61 Å². The van der Waals surface area contributed by atoms with Crippen molar-refractivity contribution >= 4 is 11.6 Å². The van der Waals surface area contributed by atoms with Crippen molar-refractivity contribution < 1.29 is 34.6 Å². The fraction of sp³-hybridized carbons (Fsp3) is 0.429. The molecule has 1 aliphatic rings. The summed E-state index contributed by atoms with van der Waals surface area (Å²) in [7, 11) is 1.33. The van der Waals surface area contributed by atoms with Gasteiger partial charge in [-0.3, -0.25) is 0 Å². The third kappa shape index (κ3) is 4.57. The van der Waals surface area contributed by atoms with Crippen LogP contribution in [0, 0.1) is 0 Å². The van der Waals surface area contributed by atoms with Gasteiger partial charge in [0.25, 0.3) is 0 Å². The first kappa shape index (κ1) is 22.0. The molecule has 0 aromatic heterocycles. The van der Waals surface area contributed by atoms with E-state index in [4.69, 9.17) is 25.8 Å². The number of hydrogen-bond acceptors (Lipinski definition) is 7. The van der Waals surface area contributed by atoms with Gasteiger partial charge in [-0.1, -0.05) is 29.8 Å². The molecule has 1 saturated heterocycles. The van der Waals surface area contributed by atoms with Crippen LogP contribution in [0.5, 0.6) is 5.75 Å². The Morgan fingerprint density at radius 2 is 1.72 bits per heavy atom. The fourth-order valence-electron chi connectivity index (χ4n) is 3.36. The van der Waals surface area contributed by atoms with Gasteiger partial charge in [-0.15, -0.1) is 0 Å². The highest BCUT2D eigenvalue weighted by Gasteiger charge is 2.44. The molecule has 2 aromatic rings. The third-order valence-electron chi connectivity index (χ3n) is 4.95. The van der Waals surface area contributed by atoms with Gasteiger partial charge in [0.15, 0.2) is 6.29 Å². The monoisotopic (exact) mass is 424 g/mol. The molecule has 0 radical (unpaired) electrons. The Bertz CT molecular complexity index is 811. The number of ether oxygens (including phenoxy) is 3. The minimum absolute atomic E-state index is 0.337. The molecule has 7 nitrogen and oxygen atoms in total. The second-order valence-electron chi connectivity index (χ2n) is 6.82. The number of aliphatic hydroxyl groups is 4. The van der Waals surface area contributed by atoms with Crippen molar-refractivity contribution in [1.82, 2.24) is 0 Å². The molecular weight excluding hydrogens is 400 g/mol. The van der Waals surface area contributed by atoms with Crippen LogP contribution in [0.4, 0.5) is 0 Å². The van der Waals surface area contributed by atoms with E-state index in [1.54, 1.807) is 42.5 Å². The number of halogens is 1. The highest BCUT2D eigenvalue weighted by molar-refractivity contribution is 6.31. The highest BCUT2D eigenvalue weighted by atomic mass is 35.5. The lowest BCUT2D eigenvalue weighted by atomic mass is 9.91. The summed E-state index contributed by atoms with van der Waals surface area (Å²) in [5, 5.41) is 41.6. The van der Waals surface area contributed by atoms with Crippen molar-refractivity contribution in [3.8, 4) is 5.75 Å². The van der Waals surface area contributed by atoms with Gasteiger partial charge in [-0.2, -0.15) is 0 Å². The number of rotatable bonds is 6. The van der Waals surface area contributed by atoms with Crippen molar-refractivity contribution in [2.24, 2.45) is 0 Å². The van der Waals surface area contributed by atoms with Gasteiger partial charge in [0.1, 0.15) is 36.3 Å². The number of benzene rings is 2. The van der Waals surface area contributed by atoms with E-state index >= 15 is 0 Å². The summed E-state index contributed by atoms with van der Waals surface area (Å²) in [6, 6.07) is 11.8. The number of aliphatic hydroxyl groups excluding tert-OH is 4. The first-order valence-electron chi connectivity index (χ1n) is 9.30. The quantitative estimate of drug-likeness (QED) is 0.561. The molecule has 158 valence electrons. The Hall–Kier alpha value is -1.71. The standard InChI is InChI=1S/C21H25ClO7/c1-3-28-13-7-4-11(5-8-13)16(23)14-10-12(6-9-15(14)22)20-18(25)17(24)19(26)21(27-2)29-20/h4-10,16-21,23-26H,3H2,1-2H3/t16?,17-,18-,19+,20+,21+/m1/s1. The molecule has 0 spiro atoms. The van der Waals surface area contributed by atoms with Crippen LogP contribution in [0.3, 0.4) is 0 Å². The fourth-order valence-corrected chi connectivity index (χ4v) is 3.58. The SMILES string of the molecule is CCOc1ccc(C(O)c2cc([C@@H]3O[C@H](OC)[C@@H](O)[C@H](O)[C@H]3O)ccc2Cl)cc1. The van der Waals surface area contributed by atoms with Crippen LogP contribution in [0.25, 0.3) is 0 Å². The molecule has 8 heteroatoms. The largest absolute Gasteiger partial charge is 0.494 e. The van der Waals surface area contributed by atoms with E-state index in [0.29, 0.717) is 34.1 Å². The van der Waals surface area contributed by atoms with Crippen molar-refractivity contribution in [2.75, 3.05) is 13.7 Å². The predicted octanol–water partition coefficient (Wildman–Crippen LogP) is 1.95. The zero-order valence-corrected chi connectivity index (χ0v) is 16.9. The van der Waals surface area contributed by atoms with Gasteiger partial charge >= 0.3 is 0 Å². The molecule has 2 aromatic carbocycles. The van der Waals surface area contributed by atoms with Crippen LogP contribution >= 0.6 is 11.6 Å². The van der Waals surface area contributed by atoms with Crippen molar-refractivity contribution in [3.63, 3.8) is 0 Å². The Morgan fingerprint density at radius 1 is 1.03 bits per heavy atom. The van der Waals surface area contributed by atoms with E-state index in [0.717, 1.165) is 0 Å². The molecule has 1 fully saturated rings. The van der Waals surface area contributed by atoms with E-state index in [1.165, 1.54) is 7.11 Å². The smallest absolute Gasteiger partial charge is 0.186 e. The summed E-state index contributed by atoms with van der Waals surface area (Å²) in [6.45, 7) is 2.43. The molecule has 0 amide bonds. The molecule has 0 bridgehead atoms. The van der Waals surface area contributed by atoms with Crippen molar-refractivity contribution in [3.05, 3.63) is 64.2 Å². The molecule has 0 saturated carbocycles. The van der Waals surface area contributed by atoms with E-state index in [-0.39, 0.29) is 0 Å². The van der Waals surface area contributed by atoms with Gasteiger partial charge in [0, 0.05) is 17.7 Å². The maximum atomic E-state index is 10.8. The Labute approximate surface area is 174 Å². The minimum atomic E-state index is -1.45. The lowest BCUT2D eigenvalue weighted by molar-refractivity contribution is -0.292. The van der Waals surface area contributed by atoms with Crippen LogP contribution in [-0.2, 0) is 9.47 Å². The summed E-state index contributed by atoms with van der Waals surface area (Å²) < 4.78 is 16.1. The van der Waals surface area contributed by atoms with Gasteiger partial charge in [-0.25, -0.2) is 0 Å². The lowest BCUT2D eigenvalue weighted by Crippen LogP contribution is -2.54. The molecule has 1 unspecified atom stereocenters. The number of hydrogen-bond donors (Lipinski definition) is 4. The summed E-state index contributed by atoms with van der Waals surface area (Å²) in [4.78, 5) is 0. The third-order valence-corrected chi connectivity index (χ3v) is 5.30. The second-order valence-corrected chi connectivity index (χ2v) is 7.23. The molecule has 3 rings (SSSR count). The van der Waals surface area contributed by atoms with Crippen LogP contribution in [0.1, 0.15) is 35.8 Å². The van der Waals surface area contributed by atoms with E-state index in [1.807, 2.05) is 6.92 Å². The topological polar surface area (TPSA) is 109 Å². The second kappa shape index (κ2) is 9.40. The van der Waals surface area contributed by atoms with E-state index < -0.39 is 36.8 Å². The molecule has 1 heterocycles. The molecule has 1 aliphatic heterocycles. The van der Waals surface area contributed by atoms with E-state index in [2.05, 4.69) is 0 Å². The van der Waals surface area contributed by atoms with E-state index in [9.17, 15) is 20.4 Å². The van der Waals surface area contributed by atoms with Gasteiger partial charge in [0.2, 0.25) is 0 Å². The van der Waals surface area contributed by atoms with Gasteiger partial charge in [-0.05, 0) is 42.3 Å². The summed E-state index contributed by atoms with van der Waals surface area (Å²) in [6.07, 6.45) is -7.31. The average molecular weight is 425 g/mol. The summed E-state index contributed by atoms with van der Waals surface area (Å²) in [5.41, 5.74) is 1.51. The lowest BCUT2D eigenvalue weighted by Gasteiger charge is -2.40. The normalized spacial score (nSPS) is 28.2. The highest BCUT2D eigenvalue weighted by Crippen LogP contribution is 2.36. The van der Waals surface area contributed by atoms with Crippen LogP contribution in [0.15, 0.2) is 42.5 Å². The zero-order chi connectivity index (χ0) is 21.1. The maximum Gasteiger partial charge on any atom is 0.186 e. The van der Waals surface area contributed by atoms with Crippen LogP contribution < -0.4 is 4.74 Å². The van der Waals surface area contributed by atoms with Gasteiger partial charge < -0.3 is 34.6 Å². The molecular formula is C21H25ClO7. The predicted molar refractivity (Wildman–Crippen MR) is 106 cm³/mol. The van der Waals surface area contributed by atoms with Crippen LogP contribution in [0.2, 0.25) is 5.02 Å². The number of methoxy groups -OCH3 is 1. The van der Waals surface area contributed by atoms with Crippen molar-refractivity contribution in [1.29, 1.82) is 0 Å². The zero-order valence-electron chi connectivity index (χ0n) is 16.1. The van der Waals surface area contributed by atoms with Crippen LogP contribution in [-0.4, -0.2) is 58.7 Å². The maximum absolute atomic E-state index is 10.8. The molecule has 4 N–H and O–H groups in total. The first-order chi connectivity index (χ1) is 13.9.